The number of likely N-dealkylation sites (N-methyl/N-ethyl adjacent to an activating group) is 1. The van der Waals surface area contributed by atoms with E-state index in [0.717, 1.165) is 51.7 Å². The van der Waals surface area contributed by atoms with Crippen molar-refractivity contribution in [3.05, 3.63) is 0 Å². The third-order valence-corrected chi connectivity index (χ3v) is 4.25. The van der Waals surface area contributed by atoms with Crippen molar-refractivity contribution in [2.24, 2.45) is 0 Å². The predicted molar refractivity (Wildman–Crippen MR) is 77.5 cm³/mol. The molecule has 1 unspecified atom stereocenters. The molecule has 1 aliphatic heterocycles. The molecule has 0 radical (unpaired) electrons. The molecule has 114 valence electrons. The van der Waals surface area contributed by atoms with Gasteiger partial charge >= 0.3 is 6.03 Å². The third-order valence-electron chi connectivity index (χ3n) is 4.25. The van der Waals surface area contributed by atoms with E-state index >= 15 is 0 Å². The molecule has 1 saturated heterocycles. The molecular weight excluding hydrogens is 256 g/mol. The summed E-state index contributed by atoms with van der Waals surface area (Å²) in [5.41, 5.74) is 0. The molecule has 3 N–H and O–H groups in total. The Morgan fingerprint density at radius 3 is 2.60 bits per heavy atom. The van der Waals surface area contributed by atoms with Gasteiger partial charge in [-0.25, -0.2) is 4.79 Å². The van der Waals surface area contributed by atoms with Gasteiger partial charge in [0.2, 0.25) is 5.91 Å². The summed E-state index contributed by atoms with van der Waals surface area (Å²) in [5, 5.41) is 8.61. The second kappa shape index (κ2) is 7.59. The van der Waals surface area contributed by atoms with Crippen LogP contribution in [0.4, 0.5) is 4.79 Å². The molecule has 1 saturated carbocycles. The molecule has 0 aromatic carbocycles. The fourth-order valence-electron chi connectivity index (χ4n) is 3.09. The smallest absolute Gasteiger partial charge is 0.321 e. The summed E-state index contributed by atoms with van der Waals surface area (Å²) >= 11 is 0. The number of carbonyl (C=O) groups is 2. The van der Waals surface area contributed by atoms with E-state index in [1.165, 1.54) is 0 Å². The minimum absolute atomic E-state index is 0.214. The molecule has 0 bridgehead atoms. The van der Waals surface area contributed by atoms with Gasteiger partial charge in [-0.2, -0.15) is 0 Å². The Morgan fingerprint density at radius 2 is 2.00 bits per heavy atom. The van der Waals surface area contributed by atoms with Gasteiger partial charge in [0.15, 0.2) is 0 Å². The molecule has 1 heterocycles. The number of rotatable bonds is 5. The van der Waals surface area contributed by atoms with Crippen molar-refractivity contribution in [3.63, 3.8) is 0 Å². The van der Waals surface area contributed by atoms with Gasteiger partial charge in [0.1, 0.15) is 0 Å². The molecule has 2 fully saturated rings. The van der Waals surface area contributed by atoms with Gasteiger partial charge in [0.05, 0.1) is 6.54 Å². The average molecular weight is 282 g/mol. The number of urea groups is 1. The highest BCUT2D eigenvalue weighted by atomic mass is 16.2. The number of amides is 3. The lowest BCUT2D eigenvalue weighted by Crippen LogP contribution is -2.49. The van der Waals surface area contributed by atoms with E-state index in [-0.39, 0.29) is 18.0 Å². The van der Waals surface area contributed by atoms with Crippen molar-refractivity contribution < 1.29 is 9.59 Å². The monoisotopic (exact) mass is 282 g/mol. The first-order chi connectivity index (χ1) is 9.69. The molecular formula is C14H26N4O2. The van der Waals surface area contributed by atoms with Crippen LogP contribution in [0.3, 0.4) is 0 Å². The Hall–Kier alpha value is -1.14. The first-order valence-corrected chi connectivity index (χ1v) is 7.74. The summed E-state index contributed by atoms with van der Waals surface area (Å²) < 4.78 is 0. The number of nitrogens with zero attached hydrogens (tertiary/aromatic N) is 1. The lowest BCUT2D eigenvalue weighted by Gasteiger charge is -2.26. The molecule has 6 nitrogen and oxygen atoms in total. The molecule has 0 aromatic heterocycles. The fourth-order valence-corrected chi connectivity index (χ4v) is 3.09. The van der Waals surface area contributed by atoms with Crippen LogP contribution >= 0.6 is 0 Å². The second-order valence-corrected chi connectivity index (χ2v) is 5.71. The molecule has 2 aliphatic rings. The van der Waals surface area contributed by atoms with Crippen LogP contribution in [0.1, 0.15) is 39.0 Å². The molecule has 0 spiro atoms. The SMILES string of the molecule is CCN(CC(=O)NC(=O)NC1CCCC1)C1CCNC1. The normalized spacial score (nSPS) is 23.2. The Kier molecular flexibility index (Phi) is 5.79. The van der Waals surface area contributed by atoms with Gasteiger partial charge in [0.25, 0.3) is 0 Å². The zero-order valence-corrected chi connectivity index (χ0v) is 12.3. The summed E-state index contributed by atoms with van der Waals surface area (Å²) in [4.78, 5) is 25.8. The zero-order chi connectivity index (χ0) is 14.4. The Morgan fingerprint density at radius 1 is 1.25 bits per heavy atom. The molecule has 1 atom stereocenters. The molecule has 20 heavy (non-hydrogen) atoms. The quantitative estimate of drug-likeness (QED) is 0.684. The van der Waals surface area contributed by atoms with Crippen molar-refractivity contribution in [2.75, 3.05) is 26.2 Å². The summed E-state index contributed by atoms with van der Waals surface area (Å²) in [7, 11) is 0. The van der Waals surface area contributed by atoms with E-state index in [9.17, 15) is 9.59 Å². The highest BCUT2D eigenvalue weighted by Crippen LogP contribution is 2.17. The predicted octanol–water partition coefficient (Wildman–Crippen LogP) is 0.439. The lowest BCUT2D eigenvalue weighted by atomic mass is 10.2. The van der Waals surface area contributed by atoms with Crippen LogP contribution in [0.2, 0.25) is 0 Å². The van der Waals surface area contributed by atoms with Crippen LogP contribution in [0.25, 0.3) is 0 Å². The Balaban J connectivity index is 1.71. The highest BCUT2D eigenvalue weighted by Gasteiger charge is 2.24. The summed E-state index contributed by atoms with van der Waals surface area (Å²) in [5.74, 6) is -0.214. The molecule has 3 amide bonds. The van der Waals surface area contributed by atoms with Crippen LogP contribution in [0, 0.1) is 0 Å². The minimum atomic E-state index is -0.345. The summed E-state index contributed by atoms with van der Waals surface area (Å²) in [6, 6.07) is 0.301. The van der Waals surface area contributed by atoms with Crippen LogP contribution in [0.15, 0.2) is 0 Å². The van der Waals surface area contributed by atoms with Crippen molar-refractivity contribution in [3.8, 4) is 0 Å². The van der Waals surface area contributed by atoms with E-state index in [4.69, 9.17) is 0 Å². The zero-order valence-electron chi connectivity index (χ0n) is 12.3. The standard InChI is InChI=1S/C14H26N4O2/c1-2-18(12-7-8-15-9-12)10-13(19)17-14(20)16-11-5-3-4-6-11/h11-12,15H,2-10H2,1H3,(H2,16,17,19,20). The van der Waals surface area contributed by atoms with E-state index in [2.05, 4.69) is 20.9 Å². The number of imide groups is 1. The minimum Gasteiger partial charge on any atom is -0.335 e. The second-order valence-electron chi connectivity index (χ2n) is 5.71. The first kappa shape index (κ1) is 15.3. The number of hydrogen-bond donors (Lipinski definition) is 3. The average Bonchev–Trinajstić information content (AvgIpc) is 3.08. The van der Waals surface area contributed by atoms with Crippen molar-refractivity contribution in [1.82, 2.24) is 20.9 Å². The van der Waals surface area contributed by atoms with Crippen molar-refractivity contribution in [2.45, 2.75) is 51.1 Å². The van der Waals surface area contributed by atoms with Crippen LogP contribution in [0.5, 0.6) is 0 Å². The largest absolute Gasteiger partial charge is 0.335 e. The van der Waals surface area contributed by atoms with E-state index in [0.29, 0.717) is 12.6 Å². The Bertz CT molecular complexity index is 336. The van der Waals surface area contributed by atoms with E-state index in [1.54, 1.807) is 0 Å². The van der Waals surface area contributed by atoms with Crippen molar-refractivity contribution in [1.29, 1.82) is 0 Å². The maximum absolute atomic E-state index is 11.9. The van der Waals surface area contributed by atoms with Gasteiger partial charge < -0.3 is 10.6 Å². The highest BCUT2D eigenvalue weighted by molar-refractivity contribution is 5.95. The number of carbonyl (C=O) groups excluding carboxylic acids is 2. The summed E-state index contributed by atoms with van der Waals surface area (Å²) in [6.45, 7) is 5.09. The van der Waals surface area contributed by atoms with Gasteiger partial charge in [-0.05, 0) is 32.4 Å². The van der Waals surface area contributed by atoms with Gasteiger partial charge in [-0.15, -0.1) is 0 Å². The molecule has 0 aromatic rings. The van der Waals surface area contributed by atoms with E-state index in [1.807, 2.05) is 6.92 Å². The molecule has 6 heteroatoms. The van der Waals surface area contributed by atoms with Gasteiger partial charge in [-0.3, -0.25) is 15.0 Å². The lowest BCUT2D eigenvalue weighted by molar-refractivity contribution is -0.121. The molecule has 2 rings (SSSR count). The molecule has 1 aliphatic carbocycles. The third kappa shape index (κ3) is 4.45. The Labute approximate surface area is 120 Å². The van der Waals surface area contributed by atoms with Gasteiger partial charge in [-0.1, -0.05) is 19.8 Å². The fraction of sp³-hybridized carbons (Fsp3) is 0.857. The summed E-state index contributed by atoms with van der Waals surface area (Å²) in [6.07, 6.45) is 5.44. The number of nitrogens with one attached hydrogen (secondary N) is 3. The van der Waals surface area contributed by atoms with Gasteiger partial charge in [0, 0.05) is 18.6 Å². The van der Waals surface area contributed by atoms with Crippen LogP contribution < -0.4 is 16.0 Å². The maximum atomic E-state index is 11.9. The van der Waals surface area contributed by atoms with Crippen LogP contribution in [-0.4, -0.2) is 55.1 Å². The first-order valence-electron chi connectivity index (χ1n) is 7.74. The van der Waals surface area contributed by atoms with E-state index < -0.39 is 0 Å². The van der Waals surface area contributed by atoms with Crippen LogP contribution in [-0.2, 0) is 4.79 Å². The van der Waals surface area contributed by atoms with Crippen molar-refractivity contribution >= 4 is 11.9 Å². The topological polar surface area (TPSA) is 73.5 Å². The number of hydrogen-bond acceptors (Lipinski definition) is 4. The maximum Gasteiger partial charge on any atom is 0.321 e.